The average Bonchev–Trinajstić information content (AvgIpc) is 2.35. The standard InChI is InChI=1S/C12H15N3O2/c1-4-15(8-11(16)17-3)12-10(7-13)6-5-9(2)14-12/h5-6H,4,8H2,1-3H3. The first-order chi connectivity index (χ1) is 8.12. The second-order valence-corrected chi connectivity index (χ2v) is 3.53. The minimum Gasteiger partial charge on any atom is -0.468 e. The molecule has 0 saturated heterocycles. The number of carbonyl (C=O) groups is 1. The van der Waals surface area contributed by atoms with E-state index in [-0.39, 0.29) is 12.5 Å². The Morgan fingerprint density at radius 1 is 1.59 bits per heavy atom. The van der Waals surface area contributed by atoms with Crippen molar-refractivity contribution in [1.82, 2.24) is 4.98 Å². The highest BCUT2D eigenvalue weighted by molar-refractivity contribution is 5.76. The molecule has 0 fully saturated rings. The van der Waals surface area contributed by atoms with Gasteiger partial charge in [0.05, 0.1) is 12.7 Å². The highest BCUT2D eigenvalue weighted by atomic mass is 16.5. The van der Waals surface area contributed by atoms with Crippen LogP contribution in [0.25, 0.3) is 0 Å². The summed E-state index contributed by atoms with van der Waals surface area (Å²) in [5.74, 6) is 0.180. The highest BCUT2D eigenvalue weighted by Crippen LogP contribution is 2.17. The van der Waals surface area contributed by atoms with Crippen LogP contribution in [0, 0.1) is 18.3 Å². The number of nitrogens with zero attached hydrogens (tertiary/aromatic N) is 3. The number of methoxy groups -OCH3 is 1. The fourth-order valence-electron chi connectivity index (χ4n) is 1.43. The van der Waals surface area contributed by atoms with Crippen LogP contribution in [-0.2, 0) is 9.53 Å². The SMILES string of the molecule is CCN(CC(=O)OC)c1nc(C)ccc1C#N. The first kappa shape index (κ1) is 13.0. The van der Waals surface area contributed by atoms with Gasteiger partial charge in [-0.3, -0.25) is 4.79 Å². The van der Waals surface area contributed by atoms with E-state index < -0.39 is 0 Å². The maximum Gasteiger partial charge on any atom is 0.325 e. The molecule has 0 bridgehead atoms. The number of hydrogen-bond donors (Lipinski definition) is 0. The summed E-state index contributed by atoms with van der Waals surface area (Å²) in [6, 6.07) is 5.55. The average molecular weight is 233 g/mol. The predicted molar refractivity (Wildman–Crippen MR) is 63.6 cm³/mol. The maximum absolute atomic E-state index is 11.3. The van der Waals surface area contributed by atoms with Crippen LogP contribution in [-0.4, -0.2) is 31.2 Å². The molecule has 0 aliphatic carbocycles. The monoisotopic (exact) mass is 233 g/mol. The number of rotatable bonds is 4. The number of anilines is 1. The molecule has 1 heterocycles. The first-order valence-corrected chi connectivity index (χ1v) is 5.31. The summed E-state index contributed by atoms with van der Waals surface area (Å²) < 4.78 is 4.62. The number of hydrogen-bond acceptors (Lipinski definition) is 5. The molecule has 0 unspecified atom stereocenters. The number of aryl methyl sites for hydroxylation is 1. The molecule has 1 rings (SSSR count). The zero-order valence-electron chi connectivity index (χ0n) is 10.2. The molecule has 0 radical (unpaired) electrons. The van der Waals surface area contributed by atoms with Crippen molar-refractivity contribution in [2.75, 3.05) is 25.1 Å². The lowest BCUT2D eigenvalue weighted by molar-refractivity contribution is -0.138. The van der Waals surface area contributed by atoms with Crippen LogP contribution in [0.2, 0.25) is 0 Å². The van der Waals surface area contributed by atoms with E-state index in [1.165, 1.54) is 7.11 Å². The number of carbonyl (C=O) groups excluding carboxylic acids is 1. The smallest absolute Gasteiger partial charge is 0.325 e. The molecule has 1 aromatic heterocycles. The van der Waals surface area contributed by atoms with Gasteiger partial charge < -0.3 is 9.64 Å². The third-order valence-electron chi connectivity index (χ3n) is 2.36. The van der Waals surface area contributed by atoms with Crippen molar-refractivity contribution < 1.29 is 9.53 Å². The normalized spacial score (nSPS) is 9.53. The number of aromatic nitrogens is 1. The highest BCUT2D eigenvalue weighted by Gasteiger charge is 2.15. The Labute approximate surface area is 101 Å². The number of pyridine rings is 1. The minimum atomic E-state index is -0.348. The Hall–Kier alpha value is -2.09. The lowest BCUT2D eigenvalue weighted by Crippen LogP contribution is -2.31. The summed E-state index contributed by atoms with van der Waals surface area (Å²) in [7, 11) is 1.34. The van der Waals surface area contributed by atoms with Crippen molar-refractivity contribution >= 4 is 11.8 Å². The molecule has 0 amide bonds. The maximum atomic E-state index is 11.3. The zero-order valence-corrected chi connectivity index (χ0v) is 10.2. The number of likely N-dealkylation sites (N-methyl/N-ethyl adjacent to an activating group) is 1. The largest absolute Gasteiger partial charge is 0.468 e. The van der Waals surface area contributed by atoms with Gasteiger partial charge in [0, 0.05) is 12.2 Å². The summed E-state index contributed by atoms with van der Waals surface area (Å²) in [4.78, 5) is 17.3. The second kappa shape index (κ2) is 5.85. The zero-order chi connectivity index (χ0) is 12.8. The lowest BCUT2D eigenvalue weighted by Gasteiger charge is -2.21. The lowest BCUT2D eigenvalue weighted by atomic mass is 10.2. The van der Waals surface area contributed by atoms with Crippen molar-refractivity contribution in [1.29, 1.82) is 5.26 Å². The van der Waals surface area contributed by atoms with E-state index in [1.807, 2.05) is 13.8 Å². The van der Waals surface area contributed by atoms with Crippen molar-refractivity contribution in [2.45, 2.75) is 13.8 Å². The third kappa shape index (κ3) is 3.18. The Balaban J connectivity index is 3.06. The summed E-state index contributed by atoms with van der Waals surface area (Å²) >= 11 is 0. The van der Waals surface area contributed by atoms with Crippen LogP contribution in [0.3, 0.4) is 0 Å². The van der Waals surface area contributed by atoms with Gasteiger partial charge in [-0.05, 0) is 26.0 Å². The molecule has 0 aromatic carbocycles. The molecule has 1 aromatic rings. The summed E-state index contributed by atoms with van der Waals surface area (Å²) in [6.07, 6.45) is 0. The van der Waals surface area contributed by atoms with E-state index in [1.54, 1.807) is 17.0 Å². The Kier molecular flexibility index (Phi) is 4.46. The van der Waals surface area contributed by atoms with E-state index >= 15 is 0 Å². The van der Waals surface area contributed by atoms with Gasteiger partial charge in [-0.1, -0.05) is 0 Å². The fourth-order valence-corrected chi connectivity index (χ4v) is 1.43. The van der Waals surface area contributed by atoms with Gasteiger partial charge in [-0.15, -0.1) is 0 Å². The third-order valence-corrected chi connectivity index (χ3v) is 2.36. The van der Waals surface area contributed by atoms with Crippen molar-refractivity contribution in [3.63, 3.8) is 0 Å². The van der Waals surface area contributed by atoms with Crippen LogP contribution >= 0.6 is 0 Å². The van der Waals surface area contributed by atoms with Crippen LogP contribution < -0.4 is 4.90 Å². The molecule has 0 spiro atoms. The molecule has 5 nitrogen and oxygen atoms in total. The Morgan fingerprint density at radius 2 is 2.29 bits per heavy atom. The topological polar surface area (TPSA) is 66.2 Å². The molecular formula is C12H15N3O2. The first-order valence-electron chi connectivity index (χ1n) is 5.31. The molecular weight excluding hydrogens is 218 g/mol. The minimum absolute atomic E-state index is 0.0954. The van der Waals surface area contributed by atoms with Crippen LogP contribution in [0.5, 0.6) is 0 Å². The van der Waals surface area contributed by atoms with E-state index in [9.17, 15) is 4.79 Å². The number of esters is 1. The van der Waals surface area contributed by atoms with E-state index in [0.717, 1.165) is 5.69 Å². The Bertz CT molecular complexity index is 452. The number of ether oxygens (including phenoxy) is 1. The molecule has 0 atom stereocenters. The van der Waals surface area contributed by atoms with Gasteiger partial charge in [0.25, 0.3) is 0 Å². The second-order valence-electron chi connectivity index (χ2n) is 3.53. The van der Waals surface area contributed by atoms with Crippen molar-refractivity contribution in [2.24, 2.45) is 0 Å². The quantitative estimate of drug-likeness (QED) is 0.732. The van der Waals surface area contributed by atoms with Crippen molar-refractivity contribution in [3.8, 4) is 6.07 Å². The van der Waals surface area contributed by atoms with Gasteiger partial charge in [0.15, 0.2) is 0 Å². The fraction of sp³-hybridized carbons (Fsp3) is 0.417. The van der Waals surface area contributed by atoms with Gasteiger partial charge in [-0.25, -0.2) is 4.98 Å². The Morgan fingerprint density at radius 3 is 2.82 bits per heavy atom. The molecule has 0 aliphatic rings. The molecule has 0 N–H and O–H groups in total. The summed E-state index contributed by atoms with van der Waals surface area (Å²) in [5.41, 5.74) is 1.27. The molecule has 90 valence electrons. The molecule has 5 heteroatoms. The van der Waals surface area contributed by atoms with Crippen LogP contribution in [0.15, 0.2) is 12.1 Å². The summed E-state index contributed by atoms with van der Waals surface area (Å²) in [5, 5.41) is 9.01. The molecule has 0 saturated carbocycles. The van der Waals surface area contributed by atoms with E-state index in [4.69, 9.17) is 5.26 Å². The molecule has 17 heavy (non-hydrogen) atoms. The number of nitriles is 1. The predicted octanol–water partition coefficient (Wildman–Crippen LogP) is 1.26. The van der Waals surface area contributed by atoms with E-state index in [2.05, 4.69) is 15.8 Å². The summed E-state index contributed by atoms with van der Waals surface area (Å²) in [6.45, 7) is 4.42. The van der Waals surface area contributed by atoms with Gasteiger partial charge in [0.2, 0.25) is 0 Å². The molecule has 0 aliphatic heterocycles. The van der Waals surface area contributed by atoms with Gasteiger partial charge in [0.1, 0.15) is 18.4 Å². The van der Waals surface area contributed by atoms with Crippen LogP contribution in [0.4, 0.5) is 5.82 Å². The van der Waals surface area contributed by atoms with E-state index in [0.29, 0.717) is 17.9 Å². The van der Waals surface area contributed by atoms with Crippen LogP contribution in [0.1, 0.15) is 18.2 Å². The van der Waals surface area contributed by atoms with Crippen molar-refractivity contribution in [3.05, 3.63) is 23.4 Å². The van der Waals surface area contributed by atoms with Gasteiger partial charge in [-0.2, -0.15) is 5.26 Å². The van der Waals surface area contributed by atoms with Gasteiger partial charge >= 0.3 is 5.97 Å².